The molecular weight excluding hydrogens is 412 g/mol. The summed E-state index contributed by atoms with van der Waals surface area (Å²) in [5.41, 5.74) is 2.78. The van der Waals surface area contributed by atoms with Crippen molar-refractivity contribution in [1.29, 1.82) is 5.26 Å². The van der Waals surface area contributed by atoms with Gasteiger partial charge in [-0.2, -0.15) is 5.26 Å². The smallest absolute Gasteiger partial charge is 0.317 e. The number of anilines is 1. The van der Waals surface area contributed by atoms with Crippen LogP contribution in [0.1, 0.15) is 54.7 Å². The van der Waals surface area contributed by atoms with E-state index in [1.165, 1.54) is 19.3 Å². The van der Waals surface area contributed by atoms with Gasteiger partial charge in [0.1, 0.15) is 11.9 Å². The number of fused-ring (bicyclic) bond motifs is 1. The van der Waals surface area contributed by atoms with Gasteiger partial charge in [0.05, 0.1) is 12.2 Å². The molecule has 7 nitrogen and oxygen atoms in total. The molecule has 2 heterocycles. The fourth-order valence-electron chi connectivity index (χ4n) is 4.31. The van der Waals surface area contributed by atoms with Crippen molar-refractivity contribution in [1.82, 2.24) is 20.2 Å². The second kappa shape index (κ2) is 9.97. The van der Waals surface area contributed by atoms with Crippen molar-refractivity contribution in [3.63, 3.8) is 0 Å². The van der Waals surface area contributed by atoms with Crippen LogP contribution in [0.5, 0.6) is 0 Å². The first kappa shape index (κ1) is 21.4. The van der Waals surface area contributed by atoms with Gasteiger partial charge in [-0.1, -0.05) is 49.1 Å². The van der Waals surface area contributed by atoms with E-state index < -0.39 is 0 Å². The lowest BCUT2D eigenvalue weighted by Gasteiger charge is -2.32. The Morgan fingerprint density at radius 3 is 2.81 bits per heavy atom. The number of nitrogens with zero attached hydrogens (tertiary/aromatic N) is 4. The highest BCUT2D eigenvalue weighted by molar-refractivity contribution is 6.31. The second-order valence-electron chi connectivity index (χ2n) is 8.16. The van der Waals surface area contributed by atoms with Gasteiger partial charge in [-0.05, 0) is 30.9 Å². The van der Waals surface area contributed by atoms with E-state index in [0.29, 0.717) is 31.9 Å². The minimum absolute atomic E-state index is 0.0241. The van der Waals surface area contributed by atoms with Gasteiger partial charge in [0.2, 0.25) is 5.82 Å². The first-order valence-electron chi connectivity index (χ1n) is 11.0. The largest absolute Gasteiger partial charge is 0.369 e. The number of nitrogens with one attached hydrogen (secondary N) is 2. The minimum Gasteiger partial charge on any atom is -0.369 e. The maximum absolute atomic E-state index is 12.8. The topological polar surface area (TPSA) is 93.9 Å². The van der Waals surface area contributed by atoms with Crippen molar-refractivity contribution in [3.05, 3.63) is 51.9 Å². The SMILES string of the molecule is N#Cc1nc2c(c(NCCc3ccccc3Cl)n1)CN(C(=O)NC1CCCCC1)CC2. The summed E-state index contributed by atoms with van der Waals surface area (Å²) in [5.74, 6) is 0.780. The molecule has 2 N–H and O–H groups in total. The lowest BCUT2D eigenvalue weighted by Crippen LogP contribution is -2.47. The standard InChI is InChI=1S/C23H27ClN6O/c24-19-9-5-4-6-16(19)10-12-26-22-18-15-30(13-11-20(18)28-21(14-25)29-22)23(31)27-17-7-2-1-3-8-17/h4-6,9,17H,1-3,7-8,10-13,15H2,(H,27,31)(H,26,28,29). The molecule has 4 rings (SSSR count). The van der Waals surface area contributed by atoms with Crippen molar-refractivity contribution >= 4 is 23.4 Å². The molecule has 162 valence electrons. The summed E-state index contributed by atoms with van der Waals surface area (Å²) in [5, 5.41) is 16.6. The van der Waals surface area contributed by atoms with Crippen LogP contribution in [0.2, 0.25) is 5.02 Å². The van der Waals surface area contributed by atoms with Crippen LogP contribution < -0.4 is 10.6 Å². The Labute approximate surface area is 187 Å². The summed E-state index contributed by atoms with van der Waals surface area (Å²) in [6.45, 7) is 1.65. The van der Waals surface area contributed by atoms with Gasteiger partial charge in [0, 0.05) is 36.1 Å². The van der Waals surface area contributed by atoms with Crippen LogP contribution in [-0.4, -0.2) is 40.0 Å². The third-order valence-electron chi connectivity index (χ3n) is 6.02. The Balaban J connectivity index is 1.45. The van der Waals surface area contributed by atoms with Crippen molar-refractivity contribution < 1.29 is 4.79 Å². The molecule has 1 aromatic heterocycles. The molecular formula is C23H27ClN6O. The molecule has 0 radical (unpaired) electrons. The van der Waals surface area contributed by atoms with Gasteiger partial charge in [0.25, 0.3) is 0 Å². The number of rotatable bonds is 5. The highest BCUT2D eigenvalue weighted by Crippen LogP contribution is 2.25. The normalized spacial score (nSPS) is 16.3. The van der Waals surface area contributed by atoms with E-state index in [1.54, 1.807) is 0 Å². The predicted molar refractivity (Wildman–Crippen MR) is 120 cm³/mol. The number of aromatic nitrogens is 2. The van der Waals surface area contributed by atoms with Crippen molar-refractivity contribution in [2.45, 2.75) is 57.5 Å². The zero-order chi connectivity index (χ0) is 21.6. The van der Waals surface area contributed by atoms with Crippen LogP contribution in [0.15, 0.2) is 24.3 Å². The third kappa shape index (κ3) is 5.26. The van der Waals surface area contributed by atoms with E-state index in [0.717, 1.165) is 41.1 Å². The maximum atomic E-state index is 12.8. The molecule has 1 aliphatic carbocycles. The number of carbonyl (C=O) groups excluding carboxylic acids is 1. The number of hydrogen-bond donors (Lipinski definition) is 2. The molecule has 31 heavy (non-hydrogen) atoms. The summed E-state index contributed by atoms with van der Waals surface area (Å²) >= 11 is 6.26. The van der Waals surface area contributed by atoms with E-state index in [2.05, 4.69) is 20.6 Å². The van der Waals surface area contributed by atoms with Crippen LogP contribution >= 0.6 is 11.6 Å². The molecule has 0 bridgehead atoms. The van der Waals surface area contributed by atoms with Gasteiger partial charge in [-0.25, -0.2) is 14.8 Å². The molecule has 2 aliphatic rings. The molecule has 8 heteroatoms. The zero-order valence-corrected chi connectivity index (χ0v) is 18.3. The molecule has 1 aromatic carbocycles. The van der Waals surface area contributed by atoms with E-state index in [4.69, 9.17) is 11.6 Å². The monoisotopic (exact) mass is 438 g/mol. The molecule has 0 saturated heterocycles. The Kier molecular flexibility index (Phi) is 6.88. The number of halogens is 1. The summed E-state index contributed by atoms with van der Waals surface area (Å²) in [6, 6.07) is 10.0. The third-order valence-corrected chi connectivity index (χ3v) is 6.39. The number of benzene rings is 1. The van der Waals surface area contributed by atoms with Crippen LogP contribution in [0.3, 0.4) is 0 Å². The van der Waals surface area contributed by atoms with Crippen LogP contribution in [0.25, 0.3) is 0 Å². The highest BCUT2D eigenvalue weighted by atomic mass is 35.5. The van der Waals surface area contributed by atoms with Gasteiger partial charge in [0.15, 0.2) is 0 Å². The number of carbonyl (C=O) groups is 1. The first-order chi connectivity index (χ1) is 15.1. The Hall–Kier alpha value is -2.85. The summed E-state index contributed by atoms with van der Waals surface area (Å²) in [4.78, 5) is 23.4. The average molecular weight is 439 g/mol. The van der Waals surface area contributed by atoms with E-state index in [-0.39, 0.29) is 17.9 Å². The van der Waals surface area contributed by atoms with Gasteiger partial charge in [-0.15, -0.1) is 0 Å². The molecule has 0 spiro atoms. The summed E-state index contributed by atoms with van der Waals surface area (Å²) in [7, 11) is 0. The van der Waals surface area contributed by atoms with E-state index in [1.807, 2.05) is 35.2 Å². The van der Waals surface area contributed by atoms with Crippen molar-refractivity contribution in [2.24, 2.45) is 0 Å². The number of hydrogen-bond acceptors (Lipinski definition) is 5. The number of amides is 2. The fraction of sp³-hybridized carbons (Fsp3) is 0.478. The van der Waals surface area contributed by atoms with E-state index >= 15 is 0 Å². The van der Waals surface area contributed by atoms with Crippen LogP contribution in [0, 0.1) is 11.3 Å². The molecule has 1 fully saturated rings. The zero-order valence-electron chi connectivity index (χ0n) is 17.5. The lowest BCUT2D eigenvalue weighted by molar-refractivity contribution is 0.184. The fourth-order valence-corrected chi connectivity index (χ4v) is 4.54. The average Bonchev–Trinajstić information content (AvgIpc) is 2.80. The van der Waals surface area contributed by atoms with Crippen molar-refractivity contribution in [3.8, 4) is 6.07 Å². The van der Waals surface area contributed by atoms with Crippen molar-refractivity contribution in [2.75, 3.05) is 18.4 Å². The molecule has 0 atom stereocenters. The highest BCUT2D eigenvalue weighted by Gasteiger charge is 2.27. The van der Waals surface area contributed by atoms with Crippen LogP contribution in [-0.2, 0) is 19.4 Å². The Bertz CT molecular complexity index is 983. The van der Waals surface area contributed by atoms with Gasteiger partial charge >= 0.3 is 6.03 Å². The quantitative estimate of drug-likeness (QED) is 0.734. The van der Waals surface area contributed by atoms with E-state index in [9.17, 15) is 10.1 Å². The van der Waals surface area contributed by atoms with Crippen LogP contribution in [0.4, 0.5) is 10.6 Å². The minimum atomic E-state index is -0.0241. The molecule has 1 aliphatic heterocycles. The van der Waals surface area contributed by atoms with Gasteiger partial charge < -0.3 is 15.5 Å². The number of nitriles is 1. The summed E-state index contributed by atoms with van der Waals surface area (Å²) < 4.78 is 0. The maximum Gasteiger partial charge on any atom is 0.317 e. The molecule has 2 amide bonds. The Morgan fingerprint density at radius 1 is 1.23 bits per heavy atom. The Morgan fingerprint density at radius 2 is 2.03 bits per heavy atom. The molecule has 1 saturated carbocycles. The first-order valence-corrected chi connectivity index (χ1v) is 11.3. The molecule has 0 unspecified atom stereocenters. The lowest BCUT2D eigenvalue weighted by atomic mass is 9.95. The summed E-state index contributed by atoms with van der Waals surface area (Å²) in [6.07, 6.45) is 7.07. The predicted octanol–water partition coefficient (Wildman–Crippen LogP) is 4.06. The number of urea groups is 1. The molecule has 2 aromatic rings. The second-order valence-corrected chi connectivity index (χ2v) is 8.56. The van der Waals surface area contributed by atoms with Gasteiger partial charge in [-0.3, -0.25) is 0 Å².